The highest BCUT2D eigenvalue weighted by Gasteiger charge is 2.36. The van der Waals surface area contributed by atoms with Crippen molar-refractivity contribution in [1.82, 2.24) is 4.90 Å². The second kappa shape index (κ2) is 7.57. The monoisotopic (exact) mass is 479 g/mol. The first kappa shape index (κ1) is 20.1. The fourth-order valence-electron chi connectivity index (χ4n) is 3.75. The number of benzene rings is 2. The van der Waals surface area contributed by atoms with Gasteiger partial charge in [-0.05, 0) is 49.2 Å². The standard InChI is InChI=1S/C21H19BrFNO4S/c1-13-18-10-15(22)5-6-19(18)28-20(13)21(25)24(17-7-8-29(26,27)12-17)11-14-3-2-4-16(23)9-14/h2-6,9-10,17H,7-8,11-12H2,1H3. The molecule has 1 aliphatic rings. The van der Waals surface area contributed by atoms with Crippen LogP contribution in [0.3, 0.4) is 0 Å². The molecule has 3 aromatic rings. The van der Waals surface area contributed by atoms with Crippen LogP contribution in [-0.4, -0.2) is 36.8 Å². The van der Waals surface area contributed by atoms with Gasteiger partial charge in [-0.15, -0.1) is 0 Å². The molecule has 2 aromatic carbocycles. The summed E-state index contributed by atoms with van der Waals surface area (Å²) in [5.74, 6) is -0.672. The number of furan rings is 1. The van der Waals surface area contributed by atoms with Crippen molar-refractivity contribution in [2.24, 2.45) is 0 Å². The van der Waals surface area contributed by atoms with Crippen molar-refractivity contribution >= 4 is 42.6 Å². The van der Waals surface area contributed by atoms with E-state index in [4.69, 9.17) is 4.42 Å². The van der Waals surface area contributed by atoms with Gasteiger partial charge in [0, 0.05) is 28.0 Å². The van der Waals surface area contributed by atoms with E-state index in [1.165, 1.54) is 17.0 Å². The highest BCUT2D eigenvalue weighted by atomic mass is 79.9. The van der Waals surface area contributed by atoms with E-state index in [1.807, 2.05) is 12.1 Å². The second-order valence-electron chi connectivity index (χ2n) is 7.32. The number of carbonyl (C=O) groups excluding carboxylic acids is 1. The summed E-state index contributed by atoms with van der Waals surface area (Å²) in [6.07, 6.45) is 0.355. The van der Waals surface area contributed by atoms with Crippen LogP contribution in [0.5, 0.6) is 0 Å². The highest BCUT2D eigenvalue weighted by Crippen LogP contribution is 2.31. The van der Waals surface area contributed by atoms with Gasteiger partial charge in [-0.1, -0.05) is 28.1 Å². The fraction of sp³-hybridized carbons (Fsp3) is 0.286. The molecule has 0 radical (unpaired) electrons. The summed E-state index contributed by atoms with van der Waals surface area (Å²) in [7, 11) is -3.20. The van der Waals surface area contributed by atoms with Crippen LogP contribution in [-0.2, 0) is 16.4 Å². The maximum Gasteiger partial charge on any atom is 0.290 e. The van der Waals surface area contributed by atoms with Crippen LogP contribution in [0.1, 0.15) is 28.1 Å². The number of aryl methyl sites for hydroxylation is 1. The first-order valence-corrected chi connectivity index (χ1v) is 11.8. The van der Waals surface area contributed by atoms with Crippen molar-refractivity contribution in [2.75, 3.05) is 11.5 Å². The Morgan fingerprint density at radius 3 is 2.76 bits per heavy atom. The van der Waals surface area contributed by atoms with Gasteiger partial charge in [0.25, 0.3) is 5.91 Å². The summed E-state index contributed by atoms with van der Waals surface area (Å²) < 4.78 is 44.4. The maximum absolute atomic E-state index is 13.7. The van der Waals surface area contributed by atoms with E-state index in [0.29, 0.717) is 23.1 Å². The van der Waals surface area contributed by atoms with Crippen LogP contribution < -0.4 is 0 Å². The quantitative estimate of drug-likeness (QED) is 0.553. The molecule has 1 fully saturated rings. The number of sulfone groups is 1. The maximum atomic E-state index is 13.7. The van der Waals surface area contributed by atoms with Crippen molar-refractivity contribution < 1.29 is 22.0 Å². The summed E-state index contributed by atoms with van der Waals surface area (Å²) in [5, 5.41) is 0.812. The van der Waals surface area contributed by atoms with Gasteiger partial charge in [-0.3, -0.25) is 4.79 Å². The molecule has 5 nitrogen and oxygen atoms in total. The molecule has 1 unspecified atom stereocenters. The van der Waals surface area contributed by atoms with Crippen molar-refractivity contribution in [2.45, 2.75) is 25.9 Å². The minimum absolute atomic E-state index is 0.0383. The van der Waals surface area contributed by atoms with E-state index in [2.05, 4.69) is 15.9 Å². The lowest BCUT2D eigenvalue weighted by molar-refractivity contribution is 0.0649. The third kappa shape index (κ3) is 4.09. The van der Waals surface area contributed by atoms with Gasteiger partial charge in [-0.25, -0.2) is 12.8 Å². The van der Waals surface area contributed by atoms with Crippen LogP contribution >= 0.6 is 15.9 Å². The molecule has 0 bridgehead atoms. The number of amides is 1. The molecule has 1 atom stereocenters. The van der Waals surface area contributed by atoms with Crippen molar-refractivity contribution in [3.05, 3.63) is 69.6 Å². The highest BCUT2D eigenvalue weighted by molar-refractivity contribution is 9.10. The van der Waals surface area contributed by atoms with Gasteiger partial charge in [0.05, 0.1) is 11.5 Å². The average Bonchev–Trinajstić information content (AvgIpc) is 3.19. The van der Waals surface area contributed by atoms with Gasteiger partial charge < -0.3 is 9.32 Å². The predicted molar refractivity (Wildman–Crippen MR) is 112 cm³/mol. The molecule has 1 aromatic heterocycles. The molecule has 1 amide bonds. The number of hydrogen-bond acceptors (Lipinski definition) is 4. The zero-order valence-electron chi connectivity index (χ0n) is 15.7. The Labute approximate surface area is 176 Å². The smallest absolute Gasteiger partial charge is 0.290 e. The molecule has 0 aliphatic carbocycles. The van der Waals surface area contributed by atoms with Gasteiger partial charge >= 0.3 is 0 Å². The van der Waals surface area contributed by atoms with E-state index in [0.717, 1.165) is 9.86 Å². The van der Waals surface area contributed by atoms with E-state index in [-0.39, 0.29) is 29.7 Å². The molecule has 0 N–H and O–H groups in total. The van der Waals surface area contributed by atoms with E-state index < -0.39 is 21.7 Å². The molecule has 1 aliphatic heterocycles. The van der Waals surface area contributed by atoms with Gasteiger partial charge in [-0.2, -0.15) is 0 Å². The SMILES string of the molecule is Cc1c(C(=O)N(Cc2cccc(F)c2)C2CCS(=O)(=O)C2)oc2ccc(Br)cc12. The number of hydrogen-bond donors (Lipinski definition) is 0. The average molecular weight is 480 g/mol. The molecular weight excluding hydrogens is 461 g/mol. The summed E-state index contributed by atoms with van der Waals surface area (Å²) in [6, 6.07) is 11.0. The molecule has 1 saturated heterocycles. The lowest BCUT2D eigenvalue weighted by Gasteiger charge is -2.28. The summed E-state index contributed by atoms with van der Waals surface area (Å²) >= 11 is 3.42. The summed E-state index contributed by atoms with van der Waals surface area (Å²) in [4.78, 5) is 14.9. The first-order valence-electron chi connectivity index (χ1n) is 9.18. The Morgan fingerprint density at radius 2 is 2.07 bits per heavy atom. The number of fused-ring (bicyclic) bond motifs is 1. The third-order valence-corrected chi connectivity index (χ3v) is 7.49. The molecule has 29 heavy (non-hydrogen) atoms. The molecular formula is C21H19BrFNO4S. The Kier molecular flexibility index (Phi) is 5.25. The third-order valence-electron chi connectivity index (χ3n) is 5.24. The number of nitrogens with zero attached hydrogens (tertiary/aromatic N) is 1. The molecule has 152 valence electrons. The Hall–Kier alpha value is -2.19. The Balaban J connectivity index is 1.74. The second-order valence-corrected chi connectivity index (χ2v) is 10.5. The lowest BCUT2D eigenvalue weighted by Crippen LogP contribution is -2.40. The predicted octanol–water partition coefficient (Wildman–Crippen LogP) is 4.47. The molecule has 0 spiro atoms. The van der Waals surface area contributed by atoms with Crippen molar-refractivity contribution in [3.8, 4) is 0 Å². The van der Waals surface area contributed by atoms with Gasteiger partial charge in [0.1, 0.15) is 11.4 Å². The zero-order valence-corrected chi connectivity index (χ0v) is 18.1. The number of rotatable bonds is 4. The van der Waals surface area contributed by atoms with E-state index in [1.54, 1.807) is 25.1 Å². The largest absolute Gasteiger partial charge is 0.451 e. The minimum atomic E-state index is -3.20. The van der Waals surface area contributed by atoms with Gasteiger partial charge in [0.15, 0.2) is 15.6 Å². The number of carbonyl (C=O) groups is 1. The summed E-state index contributed by atoms with van der Waals surface area (Å²) in [6.45, 7) is 1.91. The van der Waals surface area contributed by atoms with E-state index in [9.17, 15) is 17.6 Å². The molecule has 8 heteroatoms. The molecule has 2 heterocycles. The summed E-state index contributed by atoms with van der Waals surface area (Å²) in [5.41, 5.74) is 1.87. The van der Waals surface area contributed by atoms with Crippen molar-refractivity contribution in [1.29, 1.82) is 0 Å². The van der Waals surface area contributed by atoms with Crippen LogP contribution in [0.4, 0.5) is 4.39 Å². The Morgan fingerprint density at radius 1 is 1.28 bits per heavy atom. The first-order chi connectivity index (χ1) is 13.7. The van der Waals surface area contributed by atoms with Gasteiger partial charge in [0.2, 0.25) is 0 Å². The zero-order chi connectivity index (χ0) is 20.8. The van der Waals surface area contributed by atoms with Crippen LogP contribution in [0.2, 0.25) is 0 Å². The fourth-order valence-corrected chi connectivity index (χ4v) is 5.84. The van der Waals surface area contributed by atoms with Crippen LogP contribution in [0.15, 0.2) is 51.4 Å². The minimum Gasteiger partial charge on any atom is -0.451 e. The van der Waals surface area contributed by atoms with Crippen molar-refractivity contribution in [3.63, 3.8) is 0 Å². The number of halogens is 2. The Bertz CT molecular complexity index is 1200. The normalized spacial score (nSPS) is 18.2. The topological polar surface area (TPSA) is 67.6 Å². The van der Waals surface area contributed by atoms with Crippen LogP contribution in [0.25, 0.3) is 11.0 Å². The molecule has 0 saturated carbocycles. The molecule has 4 rings (SSSR count). The van der Waals surface area contributed by atoms with E-state index >= 15 is 0 Å². The van der Waals surface area contributed by atoms with Crippen LogP contribution in [0, 0.1) is 12.7 Å². The lowest BCUT2D eigenvalue weighted by atomic mass is 10.1.